The number of ether oxygens (including phenoxy) is 2. The molecular weight excluding hydrogens is 270 g/mol. The maximum Gasteiger partial charge on any atom is 0.339 e. The van der Waals surface area contributed by atoms with Crippen LogP contribution in [-0.2, 0) is 9.47 Å². The van der Waals surface area contributed by atoms with Crippen molar-refractivity contribution in [3.8, 4) is 0 Å². The molecule has 1 aromatic heterocycles. The van der Waals surface area contributed by atoms with Gasteiger partial charge in [-0.05, 0) is 25.5 Å². The van der Waals surface area contributed by atoms with Crippen LogP contribution in [-0.4, -0.2) is 57.5 Å². The molecule has 1 atom stereocenters. The molecule has 0 saturated carbocycles. The van der Waals surface area contributed by atoms with Crippen LogP contribution in [0.2, 0.25) is 0 Å². The molecule has 21 heavy (non-hydrogen) atoms. The lowest BCUT2D eigenvalue weighted by molar-refractivity contribution is 0.0598. The first-order valence-electron chi connectivity index (χ1n) is 7.11. The van der Waals surface area contributed by atoms with Crippen LogP contribution in [0.5, 0.6) is 0 Å². The van der Waals surface area contributed by atoms with Crippen LogP contribution in [0.3, 0.4) is 0 Å². The van der Waals surface area contributed by atoms with Crippen LogP contribution in [0.1, 0.15) is 21.6 Å². The lowest BCUT2D eigenvalue weighted by atomic mass is 10.1. The predicted octanol–water partition coefficient (Wildman–Crippen LogP) is 0.910. The Labute approximate surface area is 125 Å². The average molecular weight is 293 g/mol. The zero-order valence-electron chi connectivity index (χ0n) is 13.1. The summed E-state index contributed by atoms with van der Waals surface area (Å²) in [5, 5.41) is 3.36. The zero-order valence-corrected chi connectivity index (χ0v) is 13.1. The number of aromatic nitrogens is 1. The second kappa shape index (κ2) is 6.87. The number of esters is 1. The zero-order chi connectivity index (χ0) is 15.4. The Morgan fingerprint density at radius 3 is 2.86 bits per heavy atom. The fraction of sp³-hybridized carbons (Fsp3) is 0.600. The molecule has 2 heterocycles. The van der Waals surface area contributed by atoms with E-state index in [1.54, 1.807) is 7.11 Å². The first-order chi connectivity index (χ1) is 10.1. The fourth-order valence-corrected chi connectivity index (χ4v) is 2.77. The van der Waals surface area contributed by atoms with Gasteiger partial charge in [0.25, 0.3) is 0 Å². The van der Waals surface area contributed by atoms with E-state index in [1.807, 2.05) is 19.9 Å². The Bertz CT molecular complexity index is 494. The largest absolute Gasteiger partial charge is 0.465 e. The smallest absolute Gasteiger partial charge is 0.339 e. The van der Waals surface area contributed by atoms with E-state index in [2.05, 4.69) is 15.2 Å². The summed E-state index contributed by atoms with van der Waals surface area (Å²) in [6, 6.07) is 2.20. The molecule has 0 radical (unpaired) electrons. The Hall–Kier alpha value is -1.66. The lowest BCUT2D eigenvalue weighted by Crippen LogP contribution is -2.53. The number of carbonyl (C=O) groups excluding carboxylic acids is 1. The third-order valence-corrected chi connectivity index (χ3v) is 3.78. The highest BCUT2D eigenvalue weighted by atomic mass is 16.5. The molecule has 0 spiro atoms. The standard InChI is InChI=1S/C15H23N3O3/c1-10-7-13(17-11(2)14(10)15(19)21-4)18-6-5-16-8-12(18)9-20-3/h7,12,16H,5-6,8-9H2,1-4H3. The molecule has 1 saturated heterocycles. The van der Waals surface area contributed by atoms with E-state index in [4.69, 9.17) is 9.47 Å². The summed E-state index contributed by atoms with van der Waals surface area (Å²) in [5.74, 6) is 0.555. The number of nitrogens with one attached hydrogen (secondary N) is 1. The van der Waals surface area contributed by atoms with Crippen molar-refractivity contribution < 1.29 is 14.3 Å². The van der Waals surface area contributed by atoms with Crippen molar-refractivity contribution in [3.05, 3.63) is 22.9 Å². The third-order valence-electron chi connectivity index (χ3n) is 3.78. The molecule has 1 unspecified atom stereocenters. The second-order valence-corrected chi connectivity index (χ2v) is 5.26. The Balaban J connectivity index is 2.33. The van der Waals surface area contributed by atoms with E-state index in [0.29, 0.717) is 17.9 Å². The van der Waals surface area contributed by atoms with Gasteiger partial charge in [0.2, 0.25) is 0 Å². The molecule has 2 rings (SSSR count). The van der Waals surface area contributed by atoms with Gasteiger partial charge in [-0.3, -0.25) is 0 Å². The molecule has 1 aliphatic rings. The van der Waals surface area contributed by atoms with Gasteiger partial charge in [0, 0.05) is 26.7 Å². The van der Waals surface area contributed by atoms with Crippen LogP contribution in [0, 0.1) is 13.8 Å². The van der Waals surface area contributed by atoms with Crippen molar-refractivity contribution in [1.29, 1.82) is 0 Å². The quantitative estimate of drug-likeness (QED) is 0.833. The minimum absolute atomic E-state index is 0.249. The molecule has 0 aromatic carbocycles. The number of piperazine rings is 1. The van der Waals surface area contributed by atoms with E-state index in [0.717, 1.165) is 31.0 Å². The summed E-state index contributed by atoms with van der Waals surface area (Å²) in [4.78, 5) is 18.6. The van der Waals surface area contributed by atoms with Crippen LogP contribution in [0.4, 0.5) is 5.82 Å². The van der Waals surface area contributed by atoms with Gasteiger partial charge in [-0.25, -0.2) is 9.78 Å². The number of hydrogen-bond acceptors (Lipinski definition) is 6. The van der Waals surface area contributed by atoms with Crippen LogP contribution in [0.15, 0.2) is 6.07 Å². The second-order valence-electron chi connectivity index (χ2n) is 5.26. The topological polar surface area (TPSA) is 63.7 Å². The van der Waals surface area contributed by atoms with Crippen LogP contribution >= 0.6 is 0 Å². The molecule has 0 bridgehead atoms. The highest BCUT2D eigenvalue weighted by Gasteiger charge is 2.25. The number of rotatable bonds is 4. The summed E-state index contributed by atoms with van der Waals surface area (Å²) >= 11 is 0. The van der Waals surface area contributed by atoms with E-state index in [-0.39, 0.29) is 12.0 Å². The first kappa shape index (κ1) is 15.7. The number of aryl methyl sites for hydroxylation is 2. The normalized spacial score (nSPS) is 18.7. The molecule has 116 valence electrons. The van der Waals surface area contributed by atoms with E-state index < -0.39 is 0 Å². The summed E-state index contributed by atoms with van der Waals surface area (Å²) in [7, 11) is 3.09. The minimum atomic E-state index is -0.335. The maximum absolute atomic E-state index is 11.8. The summed E-state index contributed by atoms with van der Waals surface area (Å²) in [6.45, 7) is 7.06. The van der Waals surface area contributed by atoms with Crippen molar-refractivity contribution in [2.75, 3.05) is 45.4 Å². The van der Waals surface area contributed by atoms with E-state index in [9.17, 15) is 4.79 Å². The maximum atomic E-state index is 11.8. The molecule has 1 aromatic rings. The number of anilines is 1. The molecule has 1 aliphatic heterocycles. The van der Waals surface area contributed by atoms with Gasteiger partial charge in [0.1, 0.15) is 5.82 Å². The highest BCUT2D eigenvalue weighted by molar-refractivity contribution is 5.92. The van der Waals surface area contributed by atoms with Gasteiger partial charge in [0.05, 0.1) is 31.0 Å². The number of nitrogens with zero attached hydrogens (tertiary/aromatic N) is 2. The van der Waals surface area contributed by atoms with Gasteiger partial charge in [-0.15, -0.1) is 0 Å². The van der Waals surface area contributed by atoms with Gasteiger partial charge in [-0.2, -0.15) is 0 Å². The predicted molar refractivity (Wildman–Crippen MR) is 80.9 cm³/mol. The number of pyridine rings is 1. The molecule has 0 amide bonds. The molecule has 1 N–H and O–H groups in total. The van der Waals surface area contributed by atoms with Crippen molar-refractivity contribution in [2.45, 2.75) is 19.9 Å². The van der Waals surface area contributed by atoms with Gasteiger partial charge in [-0.1, -0.05) is 0 Å². The Morgan fingerprint density at radius 2 is 2.24 bits per heavy atom. The lowest BCUT2D eigenvalue weighted by Gasteiger charge is -2.37. The minimum Gasteiger partial charge on any atom is -0.465 e. The van der Waals surface area contributed by atoms with Crippen LogP contribution in [0.25, 0.3) is 0 Å². The molecule has 6 heteroatoms. The van der Waals surface area contributed by atoms with Crippen LogP contribution < -0.4 is 10.2 Å². The first-order valence-corrected chi connectivity index (χ1v) is 7.11. The summed E-state index contributed by atoms with van der Waals surface area (Å²) in [5.41, 5.74) is 2.14. The van der Waals surface area contributed by atoms with Crippen molar-refractivity contribution >= 4 is 11.8 Å². The number of carbonyl (C=O) groups is 1. The number of hydrogen-bond donors (Lipinski definition) is 1. The van der Waals surface area contributed by atoms with Crippen molar-refractivity contribution in [2.24, 2.45) is 0 Å². The fourth-order valence-electron chi connectivity index (χ4n) is 2.77. The molecule has 6 nitrogen and oxygen atoms in total. The Kier molecular flexibility index (Phi) is 5.14. The Morgan fingerprint density at radius 1 is 1.48 bits per heavy atom. The molecule has 0 aliphatic carbocycles. The molecule has 1 fully saturated rings. The van der Waals surface area contributed by atoms with Crippen molar-refractivity contribution in [3.63, 3.8) is 0 Å². The highest BCUT2D eigenvalue weighted by Crippen LogP contribution is 2.22. The average Bonchev–Trinajstić information content (AvgIpc) is 2.47. The molecular formula is C15H23N3O3. The number of methoxy groups -OCH3 is 2. The van der Waals surface area contributed by atoms with E-state index >= 15 is 0 Å². The van der Waals surface area contributed by atoms with E-state index in [1.165, 1.54) is 7.11 Å². The van der Waals surface area contributed by atoms with Gasteiger partial charge in [0.15, 0.2) is 0 Å². The SMILES string of the molecule is COCC1CNCCN1c1cc(C)c(C(=O)OC)c(C)n1. The monoisotopic (exact) mass is 293 g/mol. The van der Waals surface area contributed by atoms with Gasteiger partial charge < -0.3 is 19.7 Å². The third kappa shape index (κ3) is 3.33. The summed E-state index contributed by atoms with van der Waals surface area (Å²) in [6.07, 6.45) is 0. The summed E-state index contributed by atoms with van der Waals surface area (Å²) < 4.78 is 10.1. The van der Waals surface area contributed by atoms with Crippen molar-refractivity contribution in [1.82, 2.24) is 10.3 Å². The van der Waals surface area contributed by atoms with Gasteiger partial charge >= 0.3 is 5.97 Å².